The molecule has 2 aromatic carbocycles. The quantitative estimate of drug-likeness (QED) is 0.623. The Hall–Kier alpha value is -2.48. The second kappa shape index (κ2) is 8.49. The molecule has 4 nitrogen and oxygen atoms in total. The Balaban J connectivity index is 1.81. The fourth-order valence-corrected chi connectivity index (χ4v) is 4.06. The van der Waals surface area contributed by atoms with Crippen LogP contribution in [-0.2, 0) is 11.7 Å². The van der Waals surface area contributed by atoms with Crippen LogP contribution >= 0.6 is 12.2 Å². The van der Waals surface area contributed by atoms with E-state index in [2.05, 4.69) is 10.6 Å². The predicted octanol–water partition coefficient (Wildman–Crippen LogP) is 5.48. The zero-order chi connectivity index (χ0) is 21.1. The van der Waals surface area contributed by atoms with E-state index < -0.39 is 17.3 Å². The number of thiocarbonyl (C=S) groups is 1. The Morgan fingerprint density at radius 1 is 1.00 bits per heavy atom. The van der Waals surface area contributed by atoms with Crippen LogP contribution in [0.15, 0.2) is 42.5 Å². The van der Waals surface area contributed by atoms with Gasteiger partial charge in [-0.25, -0.2) is 0 Å². The number of nitrogens with one attached hydrogen (secondary N) is 2. The summed E-state index contributed by atoms with van der Waals surface area (Å²) >= 11 is 5.43. The van der Waals surface area contributed by atoms with Crippen LogP contribution < -0.4 is 20.1 Å². The molecule has 2 aromatic rings. The average Bonchev–Trinajstić information content (AvgIpc) is 3.16. The van der Waals surface area contributed by atoms with Gasteiger partial charge in [-0.2, -0.15) is 13.2 Å². The van der Waals surface area contributed by atoms with Gasteiger partial charge in [0.05, 0.1) is 25.3 Å². The van der Waals surface area contributed by atoms with E-state index in [9.17, 15) is 13.2 Å². The van der Waals surface area contributed by atoms with Crippen LogP contribution in [0.5, 0.6) is 11.5 Å². The molecule has 1 fully saturated rings. The fourth-order valence-electron chi connectivity index (χ4n) is 3.75. The maximum Gasteiger partial charge on any atom is 0.416 e. The van der Waals surface area contributed by atoms with Crippen LogP contribution in [0.3, 0.4) is 0 Å². The monoisotopic (exact) mass is 424 g/mol. The third kappa shape index (κ3) is 4.75. The minimum atomic E-state index is -4.40. The highest BCUT2D eigenvalue weighted by molar-refractivity contribution is 7.80. The molecule has 2 N–H and O–H groups in total. The molecule has 0 amide bonds. The molecular weight excluding hydrogens is 401 g/mol. The summed E-state index contributed by atoms with van der Waals surface area (Å²) in [6.07, 6.45) is -0.653. The molecule has 0 saturated heterocycles. The Morgan fingerprint density at radius 2 is 1.69 bits per heavy atom. The highest BCUT2D eigenvalue weighted by Crippen LogP contribution is 2.42. The van der Waals surface area contributed by atoms with Gasteiger partial charge >= 0.3 is 6.18 Å². The standard InChI is InChI=1S/C21H23F3N2O2S/c1-27-17-9-8-14(13-18(17)28-2)20(10-3-4-11-20)26-19(29)25-16-7-5-6-15(12-16)21(22,23)24/h5-9,12-13H,3-4,10-11H2,1-2H3,(H2,25,26,29). The number of alkyl halides is 3. The lowest BCUT2D eigenvalue weighted by Crippen LogP contribution is -2.45. The highest BCUT2D eigenvalue weighted by Gasteiger charge is 2.37. The molecule has 0 radical (unpaired) electrons. The number of methoxy groups -OCH3 is 2. The summed E-state index contributed by atoms with van der Waals surface area (Å²) in [5.41, 5.74) is 0.157. The lowest BCUT2D eigenvalue weighted by atomic mass is 9.88. The maximum absolute atomic E-state index is 13.0. The van der Waals surface area contributed by atoms with E-state index in [1.165, 1.54) is 6.07 Å². The molecule has 29 heavy (non-hydrogen) atoms. The Bertz CT molecular complexity index is 880. The molecule has 0 bridgehead atoms. The first-order valence-corrected chi connectivity index (χ1v) is 9.67. The van der Waals surface area contributed by atoms with Crippen molar-refractivity contribution < 1.29 is 22.6 Å². The lowest BCUT2D eigenvalue weighted by Gasteiger charge is -2.33. The number of hydrogen-bond acceptors (Lipinski definition) is 3. The summed E-state index contributed by atoms with van der Waals surface area (Å²) in [5.74, 6) is 1.25. The number of anilines is 1. The molecule has 1 saturated carbocycles. The predicted molar refractivity (Wildman–Crippen MR) is 110 cm³/mol. The van der Waals surface area contributed by atoms with E-state index in [4.69, 9.17) is 21.7 Å². The largest absolute Gasteiger partial charge is 0.493 e. The number of hydrogen-bond donors (Lipinski definition) is 2. The third-order valence-corrected chi connectivity index (χ3v) is 5.40. The van der Waals surface area contributed by atoms with Gasteiger partial charge in [0.15, 0.2) is 16.6 Å². The van der Waals surface area contributed by atoms with Gasteiger partial charge in [-0.3, -0.25) is 0 Å². The number of halogens is 3. The Morgan fingerprint density at radius 3 is 2.31 bits per heavy atom. The molecule has 1 aliphatic carbocycles. The highest BCUT2D eigenvalue weighted by atomic mass is 32.1. The summed E-state index contributed by atoms with van der Waals surface area (Å²) in [7, 11) is 3.16. The normalized spacial score (nSPS) is 15.6. The molecule has 3 rings (SSSR count). The van der Waals surface area contributed by atoms with Crippen molar-refractivity contribution in [2.75, 3.05) is 19.5 Å². The SMILES string of the molecule is COc1ccc(C2(NC(=S)Nc3cccc(C(F)(F)F)c3)CCCC2)cc1OC. The Kier molecular flexibility index (Phi) is 6.21. The summed E-state index contributed by atoms with van der Waals surface area (Å²) in [4.78, 5) is 0. The van der Waals surface area contributed by atoms with E-state index >= 15 is 0 Å². The van der Waals surface area contributed by atoms with Crippen LogP contribution in [0.4, 0.5) is 18.9 Å². The Labute approximate surface area is 173 Å². The van der Waals surface area contributed by atoms with Gasteiger partial charge in [0, 0.05) is 5.69 Å². The second-order valence-corrected chi connectivity index (χ2v) is 7.42. The van der Waals surface area contributed by atoms with Crippen molar-refractivity contribution in [1.29, 1.82) is 0 Å². The van der Waals surface area contributed by atoms with E-state index in [1.807, 2.05) is 18.2 Å². The molecule has 8 heteroatoms. The van der Waals surface area contributed by atoms with Gasteiger partial charge in [0.2, 0.25) is 0 Å². The zero-order valence-electron chi connectivity index (χ0n) is 16.2. The van der Waals surface area contributed by atoms with Gasteiger partial charge in [-0.15, -0.1) is 0 Å². The average molecular weight is 424 g/mol. The molecule has 0 atom stereocenters. The molecule has 1 aliphatic rings. The number of benzene rings is 2. The first-order valence-electron chi connectivity index (χ1n) is 9.26. The summed E-state index contributed by atoms with van der Waals surface area (Å²) in [6, 6.07) is 10.7. The molecular formula is C21H23F3N2O2S. The van der Waals surface area contributed by atoms with Crippen LogP contribution in [0.2, 0.25) is 0 Å². The van der Waals surface area contributed by atoms with Crippen molar-refractivity contribution >= 4 is 23.0 Å². The molecule has 156 valence electrons. The van der Waals surface area contributed by atoms with Crippen molar-refractivity contribution in [3.63, 3.8) is 0 Å². The van der Waals surface area contributed by atoms with Gasteiger partial charge in [-0.05, 0) is 61.0 Å². The van der Waals surface area contributed by atoms with Gasteiger partial charge in [-0.1, -0.05) is 25.0 Å². The van der Waals surface area contributed by atoms with Crippen molar-refractivity contribution in [3.05, 3.63) is 53.6 Å². The molecule has 0 spiro atoms. The van der Waals surface area contributed by atoms with Crippen LogP contribution in [-0.4, -0.2) is 19.3 Å². The summed E-state index contributed by atoms with van der Waals surface area (Å²) in [6.45, 7) is 0. The maximum atomic E-state index is 13.0. The fraction of sp³-hybridized carbons (Fsp3) is 0.381. The van der Waals surface area contributed by atoms with E-state index in [1.54, 1.807) is 20.3 Å². The first kappa shape index (κ1) is 21.2. The molecule has 0 aliphatic heterocycles. The smallest absolute Gasteiger partial charge is 0.416 e. The second-order valence-electron chi connectivity index (χ2n) is 7.02. The number of ether oxygens (including phenoxy) is 2. The summed E-state index contributed by atoms with van der Waals surface area (Å²) < 4.78 is 49.6. The first-order chi connectivity index (χ1) is 13.8. The minimum absolute atomic E-state index is 0.279. The third-order valence-electron chi connectivity index (χ3n) is 5.19. The van der Waals surface area contributed by atoms with Crippen LogP contribution in [0.1, 0.15) is 36.8 Å². The van der Waals surface area contributed by atoms with Crippen molar-refractivity contribution in [2.45, 2.75) is 37.4 Å². The van der Waals surface area contributed by atoms with E-state index in [0.717, 1.165) is 43.4 Å². The van der Waals surface area contributed by atoms with Crippen molar-refractivity contribution in [1.82, 2.24) is 5.32 Å². The number of rotatable bonds is 5. The van der Waals surface area contributed by atoms with Crippen molar-refractivity contribution in [2.24, 2.45) is 0 Å². The molecule has 0 heterocycles. The summed E-state index contributed by atoms with van der Waals surface area (Å²) in [5, 5.41) is 6.52. The van der Waals surface area contributed by atoms with E-state index in [0.29, 0.717) is 11.5 Å². The van der Waals surface area contributed by atoms with Crippen LogP contribution in [0, 0.1) is 0 Å². The molecule has 0 unspecified atom stereocenters. The molecule has 0 aromatic heterocycles. The van der Waals surface area contributed by atoms with Crippen LogP contribution in [0.25, 0.3) is 0 Å². The van der Waals surface area contributed by atoms with Gasteiger partial charge < -0.3 is 20.1 Å². The van der Waals surface area contributed by atoms with Gasteiger partial charge in [0.1, 0.15) is 0 Å². The van der Waals surface area contributed by atoms with Gasteiger partial charge in [0.25, 0.3) is 0 Å². The van der Waals surface area contributed by atoms with Crippen molar-refractivity contribution in [3.8, 4) is 11.5 Å². The zero-order valence-corrected chi connectivity index (χ0v) is 17.0. The topological polar surface area (TPSA) is 42.5 Å². The van der Waals surface area contributed by atoms with E-state index in [-0.39, 0.29) is 10.8 Å². The lowest BCUT2D eigenvalue weighted by molar-refractivity contribution is -0.137. The minimum Gasteiger partial charge on any atom is -0.493 e.